The number of likely N-dealkylation sites (tertiary alicyclic amines) is 1. The van der Waals surface area contributed by atoms with Crippen molar-refractivity contribution in [2.24, 2.45) is 5.92 Å². The molecular weight excluding hydrogens is 252 g/mol. The van der Waals surface area contributed by atoms with Crippen molar-refractivity contribution >= 4 is 11.8 Å². The Balaban J connectivity index is 1.83. The number of rotatable bonds is 3. The van der Waals surface area contributed by atoms with E-state index in [1.807, 2.05) is 49.1 Å². The van der Waals surface area contributed by atoms with Crippen molar-refractivity contribution in [2.75, 3.05) is 13.1 Å². The Morgan fingerprint density at radius 2 is 1.75 bits per heavy atom. The van der Waals surface area contributed by atoms with Crippen LogP contribution in [0.25, 0.3) is 0 Å². The zero-order chi connectivity index (χ0) is 14.5. The summed E-state index contributed by atoms with van der Waals surface area (Å²) in [6.07, 6.45) is 1.66. The second kappa shape index (κ2) is 6.55. The minimum atomic E-state index is -0.0285. The van der Waals surface area contributed by atoms with Crippen molar-refractivity contribution in [1.82, 2.24) is 10.2 Å². The molecule has 1 aliphatic rings. The van der Waals surface area contributed by atoms with Crippen molar-refractivity contribution in [3.05, 3.63) is 35.9 Å². The van der Waals surface area contributed by atoms with E-state index in [0.29, 0.717) is 5.56 Å². The molecule has 4 nitrogen and oxygen atoms in total. The summed E-state index contributed by atoms with van der Waals surface area (Å²) in [5.41, 5.74) is 0.688. The zero-order valence-electron chi connectivity index (χ0n) is 12.1. The van der Waals surface area contributed by atoms with E-state index in [9.17, 15) is 9.59 Å². The number of hydrogen-bond donors (Lipinski definition) is 1. The molecule has 1 fully saturated rings. The van der Waals surface area contributed by atoms with Crippen LogP contribution in [0.2, 0.25) is 0 Å². The lowest BCUT2D eigenvalue weighted by molar-refractivity contribution is -0.135. The van der Waals surface area contributed by atoms with Crippen LogP contribution in [0.15, 0.2) is 30.3 Å². The second-order valence-corrected chi connectivity index (χ2v) is 5.59. The van der Waals surface area contributed by atoms with Gasteiger partial charge in [-0.25, -0.2) is 0 Å². The molecule has 0 aromatic heterocycles. The molecule has 0 saturated carbocycles. The van der Waals surface area contributed by atoms with Gasteiger partial charge in [-0.2, -0.15) is 0 Å². The summed E-state index contributed by atoms with van der Waals surface area (Å²) >= 11 is 0. The first-order valence-electron chi connectivity index (χ1n) is 7.22. The van der Waals surface area contributed by atoms with Gasteiger partial charge in [0.1, 0.15) is 0 Å². The third kappa shape index (κ3) is 3.59. The molecule has 1 N–H and O–H groups in total. The van der Waals surface area contributed by atoms with Crippen molar-refractivity contribution in [3.8, 4) is 0 Å². The molecule has 0 atom stereocenters. The maximum Gasteiger partial charge on any atom is 0.251 e. The van der Waals surface area contributed by atoms with Gasteiger partial charge in [0, 0.05) is 30.6 Å². The molecule has 1 aliphatic heterocycles. The van der Waals surface area contributed by atoms with Gasteiger partial charge in [0.25, 0.3) is 5.91 Å². The van der Waals surface area contributed by atoms with Gasteiger partial charge in [0.15, 0.2) is 0 Å². The van der Waals surface area contributed by atoms with Gasteiger partial charge in [-0.05, 0) is 25.0 Å². The Bertz CT molecular complexity index is 463. The summed E-state index contributed by atoms with van der Waals surface area (Å²) in [4.78, 5) is 25.8. The summed E-state index contributed by atoms with van der Waals surface area (Å²) in [5, 5.41) is 3.05. The van der Waals surface area contributed by atoms with Gasteiger partial charge in [-0.3, -0.25) is 9.59 Å². The van der Waals surface area contributed by atoms with E-state index in [4.69, 9.17) is 0 Å². The molecule has 4 heteroatoms. The van der Waals surface area contributed by atoms with E-state index < -0.39 is 0 Å². The fourth-order valence-electron chi connectivity index (χ4n) is 2.47. The van der Waals surface area contributed by atoms with Crippen LogP contribution in [0.3, 0.4) is 0 Å². The Labute approximate surface area is 120 Å². The average Bonchev–Trinajstić information content (AvgIpc) is 2.48. The van der Waals surface area contributed by atoms with Crippen LogP contribution in [0.5, 0.6) is 0 Å². The quantitative estimate of drug-likeness (QED) is 0.917. The topological polar surface area (TPSA) is 49.4 Å². The van der Waals surface area contributed by atoms with Crippen LogP contribution in [0.1, 0.15) is 37.0 Å². The van der Waals surface area contributed by atoms with Gasteiger partial charge < -0.3 is 10.2 Å². The third-order valence-corrected chi connectivity index (χ3v) is 3.67. The van der Waals surface area contributed by atoms with E-state index in [0.717, 1.165) is 25.9 Å². The van der Waals surface area contributed by atoms with Crippen molar-refractivity contribution in [1.29, 1.82) is 0 Å². The summed E-state index contributed by atoms with van der Waals surface area (Å²) in [5.74, 6) is 0.225. The molecule has 2 amide bonds. The van der Waals surface area contributed by atoms with Crippen LogP contribution in [-0.4, -0.2) is 35.8 Å². The molecule has 0 aliphatic carbocycles. The van der Waals surface area contributed by atoms with E-state index in [1.165, 1.54) is 0 Å². The number of nitrogens with zero attached hydrogens (tertiary/aromatic N) is 1. The minimum absolute atomic E-state index is 0.0285. The molecule has 0 spiro atoms. The first kappa shape index (κ1) is 14.6. The summed E-state index contributed by atoms with van der Waals surface area (Å²) in [6, 6.07) is 9.41. The van der Waals surface area contributed by atoms with Crippen LogP contribution in [0.4, 0.5) is 0 Å². The number of hydrogen-bond acceptors (Lipinski definition) is 2. The Morgan fingerprint density at radius 3 is 2.30 bits per heavy atom. The molecule has 1 heterocycles. The maximum atomic E-state index is 12.0. The zero-order valence-corrected chi connectivity index (χ0v) is 12.1. The first-order chi connectivity index (χ1) is 9.58. The van der Waals surface area contributed by atoms with Gasteiger partial charge >= 0.3 is 0 Å². The Hall–Kier alpha value is -1.84. The van der Waals surface area contributed by atoms with Gasteiger partial charge in [-0.15, -0.1) is 0 Å². The lowest BCUT2D eigenvalue weighted by atomic mass is 10.0. The number of nitrogens with one attached hydrogen (secondary N) is 1. The second-order valence-electron chi connectivity index (χ2n) is 5.59. The molecule has 108 valence electrons. The monoisotopic (exact) mass is 274 g/mol. The minimum Gasteiger partial charge on any atom is -0.349 e. The fraction of sp³-hybridized carbons (Fsp3) is 0.500. The number of piperidine rings is 1. The van der Waals surface area contributed by atoms with Crippen molar-refractivity contribution in [3.63, 3.8) is 0 Å². The van der Waals surface area contributed by atoms with E-state index in [2.05, 4.69) is 5.32 Å². The number of carbonyl (C=O) groups is 2. The molecule has 1 aromatic rings. The Kier molecular flexibility index (Phi) is 4.77. The average molecular weight is 274 g/mol. The molecule has 20 heavy (non-hydrogen) atoms. The van der Waals surface area contributed by atoms with Crippen molar-refractivity contribution < 1.29 is 9.59 Å². The molecule has 2 rings (SSSR count). The number of benzene rings is 1. The predicted octanol–water partition coefficient (Wildman–Crippen LogP) is 2.06. The third-order valence-electron chi connectivity index (χ3n) is 3.67. The predicted molar refractivity (Wildman–Crippen MR) is 78.3 cm³/mol. The molecule has 1 saturated heterocycles. The number of amides is 2. The molecule has 0 radical (unpaired) electrons. The maximum absolute atomic E-state index is 12.0. The van der Waals surface area contributed by atoms with Crippen LogP contribution < -0.4 is 5.32 Å². The van der Waals surface area contributed by atoms with Crippen LogP contribution in [-0.2, 0) is 4.79 Å². The summed E-state index contributed by atoms with van der Waals surface area (Å²) < 4.78 is 0. The first-order valence-corrected chi connectivity index (χ1v) is 7.22. The lowest BCUT2D eigenvalue weighted by Crippen LogP contribution is -2.47. The van der Waals surface area contributed by atoms with Gasteiger partial charge in [0.2, 0.25) is 5.91 Å². The smallest absolute Gasteiger partial charge is 0.251 e. The highest BCUT2D eigenvalue weighted by molar-refractivity contribution is 5.94. The lowest BCUT2D eigenvalue weighted by Gasteiger charge is -2.33. The summed E-state index contributed by atoms with van der Waals surface area (Å²) in [7, 11) is 0. The van der Waals surface area contributed by atoms with E-state index in [1.54, 1.807) is 0 Å². The SMILES string of the molecule is CC(C)C(=O)N1CCC(NC(=O)c2ccccc2)CC1. The molecule has 0 bridgehead atoms. The van der Waals surface area contributed by atoms with E-state index >= 15 is 0 Å². The molecule has 1 aromatic carbocycles. The van der Waals surface area contributed by atoms with Crippen LogP contribution in [0, 0.1) is 5.92 Å². The molecule has 0 unspecified atom stereocenters. The standard InChI is InChI=1S/C16H22N2O2/c1-12(2)16(20)18-10-8-14(9-11-18)17-15(19)13-6-4-3-5-7-13/h3-7,12,14H,8-11H2,1-2H3,(H,17,19). The number of carbonyl (C=O) groups excluding carboxylic acids is 2. The van der Waals surface area contributed by atoms with Crippen LogP contribution >= 0.6 is 0 Å². The largest absolute Gasteiger partial charge is 0.349 e. The van der Waals surface area contributed by atoms with E-state index in [-0.39, 0.29) is 23.8 Å². The van der Waals surface area contributed by atoms with Gasteiger partial charge in [0.05, 0.1) is 0 Å². The normalized spacial score (nSPS) is 16.2. The Morgan fingerprint density at radius 1 is 1.15 bits per heavy atom. The highest BCUT2D eigenvalue weighted by Gasteiger charge is 2.25. The van der Waals surface area contributed by atoms with Gasteiger partial charge in [-0.1, -0.05) is 32.0 Å². The highest BCUT2D eigenvalue weighted by atomic mass is 16.2. The van der Waals surface area contributed by atoms with Crippen molar-refractivity contribution in [2.45, 2.75) is 32.7 Å². The fourth-order valence-corrected chi connectivity index (χ4v) is 2.47. The summed E-state index contributed by atoms with van der Waals surface area (Å²) in [6.45, 7) is 5.31. The molecular formula is C16H22N2O2. The highest BCUT2D eigenvalue weighted by Crippen LogP contribution is 2.14.